The van der Waals surface area contributed by atoms with Gasteiger partial charge in [0.25, 0.3) is 0 Å². The molecule has 0 radical (unpaired) electrons. The molecule has 5 nitrogen and oxygen atoms in total. The molecule has 3 heterocycles. The third-order valence-corrected chi connectivity index (χ3v) is 2.77. The molecule has 0 bridgehead atoms. The molecule has 0 saturated carbocycles. The van der Waals surface area contributed by atoms with Gasteiger partial charge in [0, 0.05) is 24.5 Å². The molecular formula is C11H12N4O. The molecule has 16 heavy (non-hydrogen) atoms. The summed E-state index contributed by atoms with van der Waals surface area (Å²) in [5.41, 5.74) is 0.892. The van der Waals surface area contributed by atoms with Crippen LogP contribution < -0.4 is 5.32 Å². The zero-order chi connectivity index (χ0) is 10.8. The Morgan fingerprint density at radius 2 is 2.44 bits per heavy atom. The fourth-order valence-electron chi connectivity index (χ4n) is 1.88. The van der Waals surface area contributed by atoms with Crippen molar-refractivity contribution in [2.24, 2.45) is 0 Å². The minimum absolute atomic E-state index is 0.359. The smallest absolute Gasteiger partial charge is 0.231 e. The number of nitrogens with zero attached hydrogens (tertiary/aromatic N) is 3. The highest BCUT2D eigenvalue weighted by atomic mass is 16.5. The summed E-state index contributed by atoms with van der Waals surface area (Å²) in [6.07, 6.45) is 4.53. The second kappa shape index (κ2) is 4.02. The topological polar surface area (TPSA) is 63.8 Å². The molecule has 1 fully saturated rings. The van der Waals surface area contributed by atoms with Crippen LogP contribution in [-0.4, -0.2) is 28.2 Å². The van der Waals surface area contributed by atoms with E-state index in [1.165, 1.54) is 0 Å². The van der Waals surface area contributed by atoms with E-state index in [2.05, 4.69) is 20.4 Å². The van der Waals surface area contributed by atoms with Gasteiger partial charge in [-0.15, -0.1) is 0 Å². The maximum atomic E-state index is 5.27. The monoisotopic (exact) mass is 216 g/mol. The maximum absolute atomic E-state index is 5.27. The van der Waals surface area contributed by atoms with E-state index in [0.29, 0.717) is 11.7 Å². The van der Waals surface area contributed by atoms with Crippen molar-refractivity contribution in [2.75, 3.05) is 13.1 Å². The lowest BCUT2D eigenvalue weighted by molar-refractivity contribution is 0.359. The van der Waals surface area contributed by atoms with E-state index in [-0.39, 0.29) is 0 Å². The molecule has 0 amide bonds. The van der Waals surface area contributed by atoms with Crippen LogP contribution >= 0.6 is 0 Å². The van der Waals surface area contributed by atoms with Gasteiger partial charge in [-0.1, -0.05) is 5.16 Å². The summed E-state index contributed by atoms with van der Waals surface area (Å²) in [5.74, 6) is 1.71. The fraction of sp³-hybridized carbons (Fsp3) is 0.364. The van der Waals surface area contributed by atoms with Crippen LogP contribution in [0, 0.1) is 0 Å². The molecule has 0 aromatic carbocycles. The van der Waals surface area contributed by atoms with Crippen LogP contribution in [-0.2, 0) is 0 Å². The van der Waals surface area contributed by atoms with Gasteiger partial charge in [-0.25, -0.2) is 0 Å². The third kappa shape index (κ3) is 1.69. The molecule has 1 aliphatic heterocycles. The first-order valence-electron chi connectivity index (χ1n) is 5.38. The van der Waals surface area contributed by atoms with Gasteiger partial charge >= 0.3 is 0 Å². The standard InChI is InChI=1S/C11H12N4O/c1-2-8(6-12-4-1)10-14-11(16-15-10)9-3-5-13-7-9/h1-2,4,6,9,13H,3,5,7H2/t9-/m1/s1. The molecular weight excluding hydrogens is 204 g/mol. The van der Waals surface area contributed by atoms with Crippen LogP contribution in [0.15, 0.2) is 29.0 Å². The molecule has 1 saturated heterocycles. The van der Waals surface area contributed by atoms with Crippen LogP contribution in [0.3, 0.4) is 0 Å². The Morgan fingerprint density at radius 1 is 1.44 bits per heavy atom. The summed E-state index contributed by atoms with van der Waals surface area (Å²) < 4.78 is 5.27. The van der Waals surface area contributed by atoms with Crippen molar-refractivity contribution in [2.45, 2.75) is 12.3 Å². The van der Waals surface area contributed by atoms with Crippen molar-refractivity contribution < 1.29 is 4.52 Å². The Morgan fingerprint density at radius 3 is 3.19 bits per heavy atom. The number of hydrogen-bond acceptors (Lipinski definition) is 5. The van der Waals surface area contributed by atoms with E-state index in [9.17, 15) is 0 Å². The van der Waals surface area contributed by atoms with Crippen molar-refractivity contribution in [1.29, 1.82) is 0 Å². The zero-order valence-corrected chi connectivity index (χ0v) is 8.76. The molecule has 1 aliphatic rings. The minimum Gasteiger partial charge on any atom is -0.339 e. The predicted octanol–water partition coefficient (Wildman–Crippen LogP) is 1.21. The Hall–Kier alpha value is -1.75. The summed E-state index contributed by atoms with van der Waals surface area (Å²) in [5, 5.41) is 7.26. The highest BCUT2D eigenvalue weighted by molar-refractivity contribution is 5.51. The first kappa shape index (κ1) is 9.47. The van der Waals surface area contributed by atoms with Crippen molar-refractivity contribution >= 4 is 0 Å². The average Bonchev–Trinajstić information content (AvgIpc) is 3.01. The van der Waals surface area contributed by atoms with E-state index in [1.54, 1.807) is 12.4 Å². The van der Waals surface area contributed by atoms with Crippen molar-refractivity contribution in [3.05, 3.63) is 30.4 Å². The van der Waals surface area contributed by atoms with Crippen molar-refractivity contribution in [3.63, 3.8) is 0 Å². The van der Waals surface area contributed by atoms with Crippen LogP contribution in [0.25, 0.3) is 11.4 Å². The molecule has 1 atom stereocenters. The Labute approximate surface area is 92.9 Å². The molecule has 2 aromatic rings. The lowest BCUT2D eigenvalue weighted by Crippen LogP contribution is -2.08. The molecule has 82 valence electrons. The van der Waals surface area contributed by atoms with Gasteiger partial charge in [-0.2, -0.15) is 4.98 Å². The van der Waals surface area contributed by atoms with E-state index >= 15 is 0 Å². The highest BCUT2D eigenvalue weighted by Gasteiger charge is 2.22. The number of hydrogen-bond donors (Lipinski definition) is 1. The molecule has 0 spiro atoms. The summed E-state index contributed by atoms with van der Waals surface area (Å²) >= 11 is 0. The summed E-state index contributed by atoms with van der Waals surface area (Å²) in [6.45, 7) is 1.95. The fourth-order valence-corrected chi connectivity index (χ4v) is 1.88. The maximum Gasteiger partial charge on any atom is 0.231 e. The summed E-state index contributed by atoms with van der Waals surface area (Å²) in [4.78, 5) is 8.44. The first-order chi connectivity index (χ1) is 7.93. The molecule has 1 N–H and O–H groups in total. The summed E-state index contributed by atoms with van der Waals surface area (Å²) in [7, 11) is 0. The lowest BCUT2D eigenvalue weighted by atomic mass is 10.1. The second-order valence-electron chi connectivity index (χ2n) is 3.89. The summed E-state index contributed by atoms with van der Waals surface area (Å²) in [6, 6.07) is 3.79. The highest BCUT2D eigenvalue weighted by Crippen LogP contribution is 2.23. The SMILES string of the molecule is c1cncc(-c2noc([C@@H]3CCNC3)n2)c1. The Bertz CT molecular complexity index is 462. The van der Waals surface area contributed by atoms with Crippen LogP contribution in [0.5, 0.6) is 0 Å². The predicted molar refractivity (Wildman–Crippen MR) is 57.8 cm³/mol. The Kier molecular flexibility index (Phi) is 2.38. The molecule has 2 aromatic heterocycles. The van der Waals surface area contributed by atoms with Gasteiger partial charge in [0.15, 0.2) is 0 Å². The first-order valence-corrected chi connectivity index (χ1v) is 5.38. The number of rotatable bonds is 2. The number of aromatic nitrogens is 3. The van der Waals surface area contributed by atoms with Crippen molar-refractivity contribution in [3.8, 4) is 11.4 Å². The van der Waals surface area contributed by atoms with Gasteiger partial charge in [0.05, 0.1) is 5.92 Å². The number of pyridine rings is 1. The van der Waals surface area contributed by atoms with Gasteiger partial charge < -0.3 is 9.84 Å². The van der Waals surface area contributed by atoms with Gasteiger partial charge in [0.2, 0.25) is 11.7 Å². The Balaban J connectivity index is 1.87. The lowest BCUT2D eigenvalue weighted by Gasteiger charge is -1.98. The number of nitrogens with one attached hydrogen (secondary N) is 1. The van der Waals surface area contributed by atoms with Crippen molar-refractivity contribution in [1.82, 2.24) is 20.4 Å². The molecule has 0 aliphatic carbocycles. The third-order valence-electron chi connectivity index (χ3n) is 2.77. The molecule has 0 unspecified atom stereocenters. The zero-order valence-electron chi connectivity index (χ0n) is 8.76. The van der Waals surface area contributed by atoms with E-state index in [1.807, 2.05) is 12.1 Å². The second-order valence-corrected chi connectivity index (χ2v) is 3.89. The molecule has 5 heteroatoms. The normalized spacial score (nSPS) is 20.1. The van der Waals surface area contributed by atoms with E-state index in [4.69, 9.17) is 4.52 Å². The average molecular weight is 216 g/mol. The molecule has 3 rings (SSSR count). The van der Waals surface area contributed by atoms with Gasteiger partial charge in [-0.3, -0.25) is 4.98 Å². The van der Waals surface area contributed by atoms with Crippen LogP contribution in [0.4, 0.5) is 0 Å². The van der Waals surface area contributed by atoms with Crippen LogP contribution in [0.2, 0.25) is 0 Å². The minimum atomic E-state index is 0.359. The van der Waals surface area contributed by atoms with Gasteiger partial charge in [0.1, 0.15) is 0 Å². The van der Waals surface area contributed by atoms with E-state index < -0.39 is 0 Å². The quantitative estimate of drug-likeness (QED) is 0.817. The largest absolute Gasteiger partial charge is 0.339 e. The van der Waals surface area contributed by atoms with Gasteiger partial charge in [-0.05, 0) is 25.1 Å². The van der Waals surface area contributed by atoms with E-state index in [0.717, 1.165) is 31.0 Å². The van der Waals surface area contributed by atoms with Crippen LogP contribution in [0.1, 0.15) is 18.2 Å².